The molecule has 28 heavy (non-hydrogen) atoms. The predicted molar refractivity (Wildman–Crippen MR) is 93.8 cm³/mol. The van der Waals surface area contributed by atoms with Gasteiger partial charge >= 0.3 is 6.29 Å². The van der Waals surface area contributed by atoms with E-state index < -0.39 is 34.3 Å². The number of carbonyl (C=O) groups is 1. The average molecular weight is 412 g/mol. The number of alkyl halides is 2. The van der Waals surface area contributed by atoms with Crippen LogP contribution in [0, 0.1) is 0 Å². The van der Waals surface area contributed by atoms with Crippen molar-refractivity contribution in [1.82, 2.24) is 10.6 Å². The average Bonchev–Trinajstić information content (AvgIpc) is 3.07. The number of guanidine groups is 1. The molecule has 0 bridgehead atoms. The third-order valence-electron chi connectivity index (χ3n) is 3.96. The minimum atomic E-state index is -3.71. The third-order valence-corrected chi connectivity index (χ3v) is 4.57. The van der Waals surface area contributed by atoms with Crippen LogP contribution in [-0.4, -0.2) is 44.9 Å². The molecule has 12 heteroatoms. The molecule has 1 aromatic rings. The van der Waals surface area contributed by atoms with Crippen LogP contribution in [0.5, 0.6) is 0 Å². The molecule has 2 atom stereocenters. The van der Waals surface area contributed by atoms with Crippen LogP contribution >= 0.6 is 0 Å². The summed E-state index contributed by atoms with van der Waals surface area (Å²) in [6, 6.07) is 4.87. The Morgan fingerprint density at radius 3 is 2.68 bits per heavy atom. The Bertz CT molecular complexity index is 1050. The highest BCUT2D eigenvalue weighted by atomic mass is 32.2. The van der Waals surface area contributed by atoms with Crippen molar-refractivity contribution < 1.29 is 31.5 Å². The first-order valence-corrected chi connectivity index (χ1v) is 9.90. The van der Waals surface area contributed by atoms with Crippen LogP contribution in [0.25, 0.3) is 0 Å². The molecule has 1 saturated heterocycles. The van der Waals surface area contributed by atoms with Crippen LogP contribution in [0.15, 0.2) is 52.9 Å². The number of rotatable bonds is 3. The van der Waals surface area contributed by atoms with Crippen molar-refractivity contribution in [2.75, 3.05) is 11.0 Å². The summed E-state index contributed by atoms with van der Waals surface area (Å²) in [5.74, 6) is -0.589. The van der Waals surface area contributed by atoms with E-state index in [2.05, 4.69) is 29.8 Å². The van der Waals surface area contributed by atoms with Gasteiger partial charge in [0, 0.05) is 11.3 Å². The van der Waals surface area contributed by atoms with Crippen molar-refractivity contribution in [2.24, 2.45) is 4.99 Å². The molecule has 3 aliphatic rings. The number of anilines is 1. The fraction of sp³-hybridized carbons (Fsp3) is 0.250. The Hall–Kier alpha value is -3.15. The van der Waals surface area contributed by atoms with Gasteiger partial charge in [-0.3, -0.25) is 14.8 Å². The molecule has 0 saturated carbocycles. The van der Waals surface area contributed by atoms with Crippen LogP contribution in [0.1, 0.15) is 10.4 Å². The van der Waals surface area contributed by atoms with E-state index in [9.17, 15) is 22.0 Å². The van der Waals surface area contributed by atoms with E-state index in [0.29, 0.717) is 0 Å². The van der Waals surface area contributed by atoms with Crippen LogP contribution in [0.2, 0.25) is 0 Å². The van der Waals surface area contributed by atoms with Crippen molar-refractivity contribution in [3.63, 3.8) is 0 Å². The van der Waals surface area contributed by atoms with E-state index in [1.165, 1.54) is 36.4 Å². The Morgan fingerprint density at radius 1 is 1.25 bits per heavy atom. The van der Waals surface area contributed by atoms with E-state index in [1.54, 1.807) is 0 Å². The number of ether oxygens (including phenoxy) is 2. The van der Waals surface area contributed by atoms with Crippen molar-refractivity contribution in [2.45, 2.75) is 18.4 Å². The molecular weight excluding hydrogens is 398 g/mol. The van der Waals surface area contributed by atoms with E-state index in [0.717, 1.165) is 6.26 Å². The third kappa shape index (κ3) is 3.76. The fourth-order valence-electron chi connectivity index (χ4n) is 2.91. The highest BCUT2D eigenvalue weighted by Crippen LogP contribution is 2.39. The lowest BCUT2D eigenvalue weighted by Gasteiger charge is -2.16. The molecule has 0 aromatic heterocycles. The molecule has 148 valence electrons. The first kappa shape index (κ1) is 18.2. The van der Waals surface area contributed by atoms with Crippen LogP contribution in [-0.2, 0) is 19.5 Å². The second kappa shape index (κ2) is 6.19. The van der Waals surface area contributed by atoms with Gasteiger partial charge in [0.25, 0.3) is 5.91 Å². The molecule has 1 aliphatic carbocycles. The van der Waals surface area contributed by atoms with Crippen molar-refractivity contribution in [3.8, 4) is 0 Å². The van der Waals surface area contributed by atoms with Gasteiger partial charge in [0.05, 0.1) is 18.3 Å². The zero-order chi connectivity index (χ0) is 20.1. The summed E-state index contributed by atoms with van der Waals surface area (Å²) in [6.07, 6.45) is 0.0758. The number of fused-ring (bicyclic) bond motifs is 2. The van der Waals surface area contributed by atoms with Crippen LogP contribution < -0.4 is 15.4 Å². The topological polar surface area (TPSA) is 118 Å². The maximum atomic E-state index is 13.1. The van der Waals surface area contributed by atoms with Crippen molar-refractivity contribution in [1.29, 1.82) is 0 Å². The number of amides is 1. The summed E-state index contributed by atoms with van der Waals surface area (Å²) in [7, 11) is -3.48. The van der Waals surface area contributed by atoms with Gasteiger partial charge in [0.1, 0.15) is 0 Å². The standard InChI is InChI=1S/C16H14F2N4O5S/c1-28(24,25)22-9-4-2-3-8(5-9)14(23)21-15-19-10-6-12-13(7-11(10)20-15)27-16(17,18)26-12/h2-7,10-11,22H,1H3,(H2,19,20,21,23). The molecular formula is C16H14F2N4O5S. The number of sulfonamides is 1. The molecule has 2 aliphatic heterocycles. The minimum absolute atomic E-state index is 0.0962. The number of nitrogens with zero attached hydrogens (tertiary/aromatic N) is 1. The van der Waals surface area contributed by atoms with Crippen molar-refractivity contribution >= 4 is 27.6 Å². The molecule has 2 unspecified atom stereocenters. The van der Waals surface area contributed by atoms with E-state index in [1.807, 2.05) is 0 Å². The largest absolute Gasteiger partial charge is 0.586 e. The van der Waals surface area contributed by atoms with E-state index >= 15 is 0 Å². The fourth-order valence-corrected chi connectivity index (χ4v) is 3.46. The SMILES string of the molecule is CS(=O)(=O)Nc1cccc(C(=O)NC2=NC3C=C4OC(F)(F)OC4=CC3N2)c1. The van der Waals surface area contributed by atoms with Gasteiger partial charge < -0.3 is 14.8 Å². The number of hydrogen-bond acceptors (Lipinski definition) is 7. The molecule has 1 amide bonds. The monoisotopic (exact) mass is 412 g/mol. The molecule has 0 radical (unpaired) electrons. The molecule has 4 rings (SSSR count). The summed E-state index contributed by atoms with van der Waals surface area (Å²) in [5, 5.41) is 5.45. The lowest BCUT2D eigenvalue weighted by Crippen LogP contribution is -2.42. The molecule has 3 N–H and O–H groups in total. The van der Waals surface area contributed by atoms with E-state index in [4.69, 9.17) is 0 Å². The second-order valence-electron chi connectivity index (χ2n) is 6.28. The minimum Gasteiger partial charge on any atom is -0.396 e. The van der Waals surface area contributed by atoms with Gasteiger partial charge in [0.2, 0.25) is 10.0 Å². The quantitative estimate of drug-likeness (QED) is 0.678. The summed E-state index contributed by atoms with van der Waals surface area (Å²) in [5.41, 5.74) is 0.440. The number of hydrogen-bond donors (Lipinski definition) is 3. The predicted octanol–water partition coefficient (Wildman–Crippen LogP) is 0.863. The summed E-state index contributed by atoms with van der Waals surface area (Å²) in [6.45, 7) is 0. The Kier molecular flexibility index (Phi) is 4.03. The molecule has 2 heterocycles. The van der Waals surface area contributed by atoms with Crippen molar-refractivity contribution in [3.05, 3.63) is 53.5 Å². The summed E-state index contributed by atoms with van der Waals surface area (Å²) < 4.78 is 59.9. The highest BCUT2D eigenvalue weighted by molar-refractivity contribution is 7.92. The van der Waals surface area contributed by atoms with E-state index in [-0.39, 0.29) is 28.7 Å². The molecule has 1 aromatic carbocycles. The maximum absolute atomic E-state index is 13.1. The normalized spacial score (nSPS) is 24.3. The van der Waals surface area contributed by atoms with Gasteiger partial charge in [-0.25, -0.2) is 13.4 Å². The first-order chi connectivity index (χ1) is 13.1. The molecule has 1 fully saturated rings. The second-order valence-corrected chi connectivity index (χ2v) is 8.03. The number of halogens is 2. The highest BCUT2D eigenvalue weighted by Gasteiger charge is 2.48. The number of carbonyl (C=O) groups excluding carboxylic acids is 1. The first-order valence-electron chi connectivity index (χ1n) is 8.01. The number of nitrogens with one attached hydrogen (secondary N) is 3. The van der Waals surface area contributed by atoms with Crippen LogP contribution in [0.4, 0.5) is 14.5 Å². The molecule has 0 spiro atoms. The maximum Gasteiger partial charge on any atom is 0.586 e. The molecule has 9 nitrogen and oxygen atoms in total. The van der Waals surface area contributed by atoms with Crippen LogP contribution in [0.3, 0.4) is 0 Å². The Morgan fingerprint density at radius 2 is 1.96 bits per heavy atom. The Labute approximate surface area is 158 Å². The zero-order valence-corrected chi connectivity index (χ0v) is 15.1. The lowest BCUT2D eigenvalue weighted by atomic mass is 10.0. The van der Waals surface area contributed by atoms with Gasteiger partial charge in [-0.1, -0.05) is 6.07 Å². The number of benzene rings is 1. The number of aliphatic imine (C=N–C) groups is 1. The summed E-state index contributed by atoms with van der Waals surface area (Å²) >= 11 is 0. The van der Waals surface area contributed by atoms with Gasteiger partial charge in [0.15, 0.2) is 17.5 Å². The van der Waals surface area contributed by atoms with Gasteiger partial charge in [-0.05, 0) is 30.4 Å². The Balaban J connectivity index is 1.46. The lowest BCUT2D eigenvalue weighted by molar-refractivity contribution is -0.326. The smallest absolute Gasteiger partial charge is 0.396 e. The van der Waals surface area contributed by atoms with Gasteiger partial charge in [-0.2, -0.15) is 0 Å². The summed E-state index contributed by atoms with van der Waals surface area (Å²) in [4.78, 5) is 16.6. The van der Waals surface area contributed by atoms with Gasteiger partial charge in [-0.15, -0.1) is 8.78 Å². The zero-order valence-electron chi connectivity index (χ0n) is 14.3.